The molecule has 2 heterocycles. The third kappa shape index (κ3) is 5.73. The molecular weight excluding hydrogens is 388 g/mol. The van der Waals surface area contributed by atoms with Gasteiger partial charge in [-0.2, -0.15) is 10.3 Å². The number of rotatable bonds is 9. The fourth-order valence-electron chi connectivity index (χ4n) is 2.41. The molecule has 12 heteroatoms. The normalized spacial score (nSPS) is 10.9. The SMILES string of the molecule is C=C(NCC(=O)NC(CC=O)c1cccnc1)c1nc(N=C(N)N)c(C#N)nc1N. The monoisotopic (exact) mass is 408 g/mol. The van der Waals surface area contributed by atoms with Gasteiger partial charge in [-0.05, 0) is 11.6 Å². The molecule has 1 unspecified atom stereocenters. The zero-order chi connectivity index (χ0) is 22.1. The predicted molar refractivity (Wildman–Crippen MR) is 109 cm³/mol. The lowest BCUT2D eigenvalue weighted by Gasteiger charge is -2.17. The Bertz CT molecular complexity index is 1010. The molecule has 0 spiro atoms. The van der Waals surface area contributed by atoms with E-state index in [1.54, 1.807) is 30.6 Å². The Morgan fingerprint density at radius 2 is 2.17 bits per heavy atom. The zero-order valence-electron chi connectivity index (χ0n) is 15.9. The van der Waals surface area contributed by atoms with Gasteiger partial charge in [0.25, 0.3) is 0 Å². The summed E-state index contributed by atoms with van der Waals surface area (Å²) in [5.74, 6) is -0.938. The van der Waals surface area contributed by atoms with Crippen LogP contribution in [0.5, 0.6) is 0 Å². The number of aliphatic imine (C=N–C) groups is 1. The molecule has 154 valence electrons. The second-order valence-electron chi connectivity index (χ2n) is 5.92. The van der Waals surface area contributed by atoms with Crippen molar-refractivity contribution in [3.63, 3.8) is 0 Å². The minimum Gasteiger partial charge on any atom is -0.382 e. The number of nitrogens with one attached hydrogen (secondary N) is 2. The number of nitrogens with zero attached hydrogens (tertiary/aromatic N) is 5. The quantitative estimate of drug-likeness (QED) is 0.199. The number of nitrogens with two attached hydrogens (primary N) is 3. The largest absolute Gasteiger partial charge is 0.382 e. The number of hydrogen-bond donors (Lipinski definition) is 5. The number of carbonyl (C=O) groups excluding carboxylic acids is 2. The molecule has 2 aromatic heterocycles. The number of aromatic nitrogens is 3. The molecular formula is C18H20N10O2. The minimum absolute atomic E-state index is 0.0819. The summed E-state index contributed by atoms with van der Waals surface area (Å²) >= 11 is 0. The first-order valence-corrected chi connectivity index (χ1v) is 8.59. The van der Waals surface area contributed by atoms with Crippen molar-refractivity contribution >= 4 is 35.5 Å². The fraction of sp³-hybridized carbons (Fsp3) is 0.167. The molecule has 2 rings (SSSR count). The molecule has 0 saturated heterocycles. The van der Waals surface area contributed by atoms with Crippen LogP contribution in [0.2, 0.25) is 0 Å². The number of guanidine groups is 1. The summed E-state index contributed by atoms with van der Waals surface area (Å²) in [6, 6.07) is 4.73. The fourth-order valence-corrected chi connectivity index (χ4v) is 2.41. The van der Waals surface area contributed by atoms with Gasteiger partial charge in [0.15, 0.2) is 23.3 Å². The Kier molecular flexibility index (Phi) is 7.35. The Morgan fingerprint density at radius 3 is 2.77 bits per heavy atom. The van der Waals surface area contributed by atoms with E-state index in [2.05, 4.69) is 37.2 Å². The maximum atomic E-state index is 12.3. The number of hydrogen-bond acceptors (Lipinski definition) is 9. The molecule has 30 heavy (non-hydrogen) atoms. The smallest absolute Gasteiger partial charge is 0.239 e. The van der Waals surface area contributed by atoms with Gasteiger partial charge in [-0.25, -0.2) is 9.97 Å². The standard InChI is InChI=1S/C18H20N10O2/c1-10(15-16(20)26-13(7-19)17(27-15)28-18(21)22)24-9-14(30)25-12(4-6-29)11-3-2-5-23-8-11/h2-3,5-6,8,12,24H,1,4,9H2,(H2,20,26)(H,25,30)(H4,21,22,27,28). The van der Waals surface area contributed by atoms with E-state index in [-0.39, 0.29) is 47.6 Å². The number of carbonyl (C=O) groups is 2. The summed E-state index contributed by atoms with van der Waals surface area (Å²) in [7, 11) is 0. The van der Waals surface area contributed by atoms with Crippen molar-refractivity contribution in [1.82, 2.24) is 25.6 Å². The second kappa shape index (κ2) is 10.1. The Balaban J connectivity index is 2.09. The maximum Gasteiger partial charge on any atom is 0.239 e. The molecule has 12 nitrogen and oxygen atoms in total. The first-order chi connectivity index (χ1) is 14.3. The van der Waals surface area contributed by atoms with E-state index in [4.69, 9.17) is 22.5 Å². The number of nitriles is 1. The topological polar surface area (TPSA) is 211 Å². The van der Waals surface area contributed by atoms with Crippen molar-refractivity contribution in [1.29, 1.82) is 5.26 Å². The van der Waals surface area contributed by atoms with E-state index < -0.39 is 11.9 Å². The van der Waals surface area contributed by atoms with Gasteiger partial charge in [0.1, 0.15) is 18.0 Å². The van der Waals surface area contributed by atoms with Gasteiger partial charge in [-0.3, -0.25) is 9.78 Å². The molecule has 1 amide bonds. The lowest BCUT2D eigenvalue weighted by atomic mass is 10.1. The summed E-state index contributed by atoms with van der Waals surface area (Å²) < 4.78 is 0. The van der Waals surface area contributed by atoms with Crippen LogP contribution in [0, 0.1) is 11.3 Å². The van der Waals surface area contributed by atoms with Crippen LogP contribution in [0.4, 0.5) is 11.6 Å². The Hall–Kier alpha value is -4.53. The summed E-state index contributed by atoms with van der Waals surface area (Å²) in [6.45, 7) is 3.59. The van der Waals surface area contributed by atoms with E-state index in [1.165, 1.54) is 0 Å². The molecule has 0 aliphatic rings. The molecule has 0 aliphatic heterocycles. The average Bonchev–Trinajstić information content (AvgIpc) is 2.73. The number of anilines is 1. The van der Waals surface area contributed by atoms with Gasteiger partial charge in [-0.1, -0.05) is 12.6 Å². The molecule has 0 aliphatic carbocycles. The molecule has 2 aromatic rings. The molecule has 8 N–H and O–H groups in total. The van der Waals surface area contributed by atoms with Crippen molar-refractivity contribution < 1.29 is 9.59 Å². The summed E-state index contributed by atoms with van der Waals surface area (Å²) in [5.41, 5.74) is 17.3. The number of aldehydes is 1. The van der Waals surface area contributed by atoms with Crippen LogP contribution >= 0.6 is 0 Å². The molecule has 1 atom stereocenters. The number of nitrogen functional groups attached to an aromatic ring is 1. The van der Waals surface area contributed by atoms with Crippen LogP contribution in [0.1, 0.15) is 29.4 Å². The van der Waals surface area contributed by atoms with Gasteiger partial charge in [0, 0.05) is 18.8 Å². The number of amides is 1. The van der Waals surface area contributed by atoms with Gasteiger partial charge < -0.3 is 32.6 Å². The summed E-state index contributed by atoms with van der Waals surface area (Å²) in [4.78, 5) is 39.0. The summed E-state index contributed by atoms with van der Waals surface area (Å²) in [6.07, 6.45) is 3.96. The Labute approximate surface area is 171 Å². The van der Waals surface area contributed by atoms with Crippen molar-refractivity contribution in [3.8, 4) is 6.07 Å². The van der Waals surface area contributed by atoms with E-state index in [0.717, 1.165) is 0 Å². The lowest BCUT2D eigenvalue weighted by Crippen LogP contribution is -2.36. The van der Waals surface area contributed by atoms with E-state index >= 15 is 0 Å². The number of pyridine rings is 1. The summed E-state index contributed by atoms with van der Waals surface area (Å²) in [5, 5.41) is 14.6. The van der Waals surface area contributed by atoms with Crippen molar-refractivity contribution in [2.45, 2.75) is 12.5 Å². The van der Waals surface area contributed by atoms with Crippen molar-refractivity contribution in [2.75, 3.05) is 12.3 Å². The van der Waals surface area contributed by atoms with Gasteiger partial charge >= 0.3 is 0 Å². The van der Waals surface area contributed by atoms with E-state index in [0.29, 0.717) is 11.8 Å². The average molecular weight is 408 g/mol. The highest BCUT2D eigenvalue weighted by atomic mass is 16.2. The van der Waals surface area contributed by atoms with Gasteiger partial charge in [0.2, 0.25) is 5.91 Å². The van der Waals surface area contributed by atoms with Crippen LogP contribution in [0.25, 0.3) is 5.70 Å². The molecule has 0 fully saturated rings. The van der Waals surface area contributed by atoms with Crippen LogP contribution in [0.15, 0.2) is 36.1 Å². The minimum atomic E-state index is -0.521. The first-order valence-electron chi connectivity index (χ1n) is 8.59. The molecule has 0 aromatic carbocycles. The first kappa shape index (κ1) is 21.8. The van der Waals surface area contributed by atoms with Crippen LogP contribution in [0.3, 0.4) is 0 Å². The van der Waals surface area contributed by atoms with E-state index in [1.807, 2.05) is 0 Å². The van der Waals surface area contributed by atoms with Crippen LogP contribution in [-0.4, -0.2) is 39.6 Å². The highest BCUT2D eigenvalue weighted by Gasteiger charge is 2.17. The molecule has 0 radical (unpaired) electrons. The lowest BCUT2D eigenvalue weighted by molar-refractivity contribution is -0.121. The maximum absolute atomic E-state index is 12.3. The van der Waals surface area contributed by atoms with E-state index in [9.17, 15) is 9.59 Å². The highest BCUT2D eigenvalue weighted by molar-refractivity contribution is 5.82. The predicted octanol–water partition coefficient (Wildman–Crippen LogP) is -0.763. The second-order valence-corrected chi connectivity index (χ2v) is 5.92. The molecule has 0 saturated carbocycles. The van der Waals surface area contributed by atoms with Crippen molar-refractivity contribution in [3.05, 3.63) is 48.1 Å². The zero-order valence-corrected chi connectivity index (χ0v) is 15.9. The third-order valence-corrected chi connectivity index (χ3v) is 3.75. The van der Waals surface area contributed by atoms with Gasteiger partial charge in [0.05, 0.1) is 18.3 Å². The Morgan fingerprint density at radius 1 is 1.40 bits per heavy atom. The highest BCUT2D eigenvalue weighted by Crippen LogP contribution is 2.21. The van der Waals surface area contributed by atoms with Crippen LogP contribution in [-0.2, 0) is 9.59 Å². The molecule has 0 bridgehead atoms. The van der Waals surface area contributed by atoms with Crippen molar-refractivity contribution in [2.24, 2.45) is 16.5 Å². The van der Waals surface area contributed by atoms with Crippen LogP contribution < -0.4 is 27.8 Å². The van der Waals surface area contributed by atoms with Gasteiger partial charge in [-0.15, -0.1) is 0 Å². The third-order valence-electron chi connectivity index (χ3n) is 3.75.